The molecular weight excluding hydrogens is 324 g/mol. The number of rotatable bonds is 4. The first kappa shape index (κ1) is 14.3. The van der Waals surface area contributed by atoms with Gasteiger partial charge in [-0.2, -0.15) is 0 Å². The van der Waals surface area contributed by atoms with Crippen molar-refractivity contribution in [2.45, 2.75) is 0 Å². The monoisotopic (exact) mass is 336 g/mol. The van der Waals surface area contributed by atoms with Gasteiger partial charge in [0.05, 0.1) is 25.5 Å². The molecule has 0 fully saturated rings. The number of methoxy groups -OCH3 is 2. The third-order valence-corrected chi connectivity index (χ3v) is 3.11. The number of pyridine rings is 1. The van der Waals surface area contributed by atoms with Gasteiger partial charge in [0.2, 0.25) is 0 Å². The Morgan fingerprint density at radius 1 is 1.20 bits per heavy atom. The summed E-state index contributed by atoms with van der Waals surface area (Å²) in [5.74, 6) is 0.927. The van der Waals surface area contributed by atoms with E-state index in [1.165, 1.54) is 6.20 Å². The summed E-state index contributed by atoms with van der Waals surface area (Å²) in [6.07, 6.45) is 1.49. The molecule has 0 atom stereocenters. The van der Waals surface area contributed by atoms with Gasteiger partial charge in [-0.3, -0.25) is 4.79 Å². The number of anilines is 1. The molecule has 0 saturated heterocycles. The van der Waals surface area contributed by atoms with Crippen molar-refractivity contribution in [2.24, 2.45) is 0 Å². The molecule has 5 nitrogen and oxygen atoms in total. The number of benzene rings is 1. The number of nitrogens with zero attached hydrogens (tertiary/aromatic N) is 1. The largest absolute Gasteiger partial charge is 0.497 e. The Morgan fingerprint density at radius 3 is 2.60 bits per heavy atom. The fourth-order valence-corrected chi connectivity index (χ4v) is 1.85. The van der Waals surface area contributed by atoms with Crippen LogP contribution in [-0.2, 0) is 0 Å². The SMILES string of the molecule is COc1ccc(OC)c(NC(=O)c2ccc(Br)nc2)c1. The van der Waals surface area contributed by atoms with Crippen LogP contribution in [0.25, 0.3) is 0 Å². The lowest BCUT2D eigenvalue weighted by Gasteiger charge is -2.11. The zero-order valence-corrected chi connectivity index (χ0v) is 12.6. The quantitative estimate of drug-likeness (QED) is 0.871. The summed E-state index contributed by atoms with van der Waals surface area (Å²) in [6.45, 7) is 0. The number of halogens is 1. The van der Waals surface area contributed by atoms with Gasteiger partial charge in [0.25, 0.3) is 5.91 Å². The lowest BCUT2D eigenvalue weighted by atomic mass is 10.2. The van der Waals surface area contributed by atoms with Gasteiger partial charge in [0, 0.05) is 12.3 Å². The molecule has 0 spiro atoms. The van der Waals surface area contributed by atoms with Crippen LogP contribution in [-0.4, -0.2) is 25.1 Å². The molecule has 1 aromatic carbocycles. The van der Waals surface area contributed by atoms with E-state index in [4.69, 9.17) is 9.47 Å². The van der Waals surface area contributed by atoms with E-state index in [0.717, 1.165) is 0 Å². The number of amides is 1. The maximum atomic E-state index is 12.1. The summed E-state index contributed by atoms with van der Waals surface area (Å²) in [4.78, 5) is 16.1. The second-order valence-corrected chi connectivity index (χ2v) is 4.70. The molecule has 0 aliphatic heterocycles. The first-order chi connectivity index (χ1) is 9.63. The maximum Gasteiger partial charge on any atom is 0.257 e. The van der Waals surface area contributed by atoms with Crippen LogP contribution < -0.4 is 14.8 Å². The van der Waals surface area contributed by atoms with Crippen LogP contribution in [0.5, 0.6) is 11.5 Å². The van der Waals surface area contributed by atoms with E-state index < -0.39 is 0 Å². The molecule has 1 heterocycles. The van der Waals surface area contributed by atoms with Crippen molar-refractivity contribution in [1.82, 2.24) is 4.98 Å². The van der Waals surface area contributed by atoms with Gasteiger partial charge in [-0.25, -0.2) is 4.98 Å². The Hall–Kier alpha value is -2.08. The van der Waals surface area contributed by atoms with E-state index >= 15 is 0 Å². The Morgan fingerprint density at radius 2 is 2.00 bits per heavy atom. The summed E-state index contributed by atoms with van der Waals surface area (Å²) in [7, 11) is 3.10. The van der Waals surface area contributed by atoms with Gasteiger partial charge in [-0.05, 0) is 40.2 Å². The molecule has 1 aromatic heterocycles. The number of carbonyl (C=O) groups is 1. The first-order valence-electron chi connectivity index (χ1n) is 5.79. The second kappa shape index (κ2) is 6.38. The lowest BCUT2D eigenvalue weighted by Crippen LogP contribution is -2.13. The fraction of sp³-hybridized carbons (Fsp3) is 0.143. The topological polar surface area (TPSA) is 60.5 Å². The summed E-state index contributed by atoms with van der Waals surface area (Å²) >= 11 is 3.22. The first-order valence-corrected chi connectivity index (χ1v) is 6.58. The zero-order valence-electron chi connectivity index (χ0n) is 11.0. The molecule has 1 amide bonds. The van der Waals surface area contributed by atoms with E-state index in [-0.39, 0.29) is 5.91 Å². The number of carbonyl (C=O) groups excluding carboxylic acids is 1. The van der Waals surface area contributed by atoms with Crippen LogP contribution in [0.2, 0.25) is 0 Å². The molecular formula is C14H13BrN2O3. The summed E-state index contributed by atoms with van der Waals surface area (Å²) in [5.41, 5.74) is 0.998. The molecule has 20 heavy (non-hydrogen) atoms. The molecule has 1 N–H and O–H groups in total. The average molecular weight is 337 g/mol. The zero-order chi connectivity index (χ0) is 14.5. The second-order valence-electron chi connectivity index (χ2n) is 3.89. The normalized spacial score (nSPS) is 9.95. The minimum atomic E-state index is -0.267. The number of hydrogen-bond donors (Lipinski definition) is 1. The predicted octanol–water partition coefficient (Wildman–Crippen LogP) is 3.11. The summed E-state index contributed by atoms with van der Waals surface area (Å²) in [6, 6.07) is 8.57. The van der Waals surface area contributed by atoms with Crippen molar-refractivity contribution in [2.75, 3.05) is 19.5 Å². The van der Waals surface area contributed by atoms with Crippen LogP contribution in [0.15, 0.2) is 41.1 Å². The van der Waals surface area contributed by atoms with Crippen LogP contribution in [0.1, 0.15) is 10.4 Å². The van der Waals surface area contributed by atoms with Gasteiger partial charge >= 0.3 is 0 Å². The number of aromatic nitrogens is 1. The number of hydrogen-bond acceptors (Lipinski definition) is 4. The summed E-state index contributed by atoms with van der Waals surface area (Å²) < 4.78 is 11.0. The maximum absolute atomic E-state index is 12.1. The molecule has 2 aromatic rings. The average Bonchev–Trinajstić information content (AvgIpc) is 2.47. The molecule has 2 rings (SSSR count). The molecule has 0 unspecified atom stereocenters. The smallest absolute Gasteiger partial charge is 0.257 e. The van der Waals surface area contributed by atoms with E-state index in [0.29, 0.717) is 27.4 Å². The highest BCUT2D eigenvalue weighted by molar-refractivity contribution is 9.10. The Balaban J connectivity index is 2.24. The highest BCUT2D eigenvalue weighted by atomic mass is 79.9. The van der Waals surface area contributed by atoms with Crippen molar-refractivity contribution < 1.29 is 14.3 Å². The van der Waals surface area contributed by atoms with E-state index in [1.807, 2.05) is 0 Å². The highest BCUT2D eigenvalue weighted by Crippen LogP contribution is 2.29. The third-order valence-electron chi connectivity index (χ3n) is 2.64. The minimum absolute atomic E-state index is 0.267. The van der Waals surface area contributed by atoms with Gasteiger partial charge in [0.15, 0.2) is 0 Å². The van der Waals surface area contributed by atoms with E-state index in [2.05, 4.69) is 26.2 Å². The molecule has 0 radical (unpaired) electrons. The van der Waals surface area contributed by atoms with Crippen LogP contribution >= 0.6 is 15.9 Å². The van der Waals surface area contributed by atoms with Crippen LogP contribution in [0.3, 0.4) is 0 Å². The molecule has 0 aliphatic rings. The number of nitrogens with one attached hydrogen (secondary N) is 1. The van der Waals surface area contributed by atoms with E-state index in [9.17, 15) is 4.79 Å². The van der Waals surface area contributed by atoms with Crippen molar-refractivity contribution in [3.05, 3.63) is 46.7 Å². The molecule has 104 valence electrons. The van der Waals surface area contributed by atoms with Crippen molar-refractivity contribution in [1.29, 1.82) is 0 Å². The van der Waals surface area contributed by atoms with Crippen molar-refractivity contribution in [3.63, 3.8) is 0 Å². The van der Waals surface area contributed by atoms with Crippen LogP contribution in [0.4, 0.5) is 5.69 Å². The Labute approximate surface area is 125 Å². The lowest BCUT2D eigenvalue weighted by molar-refractivity contribution is 0.102. The van der Waals surface area contributed by atoms with Gasteiger partial charge in [-0.1, -0.05) is 0 Å². The predicted molar refractivity (Wildman–Crippen MR) is 79.4 cm³/mol. The van der Waals surface area contributed by atoms with Gasteiger partial charge in [-0.15, -0.1) is 0 Å². The standard InChI is InChI=1S/C14H13BrN2O3/c1-19-10-4-5-12(20-2)11(7-10)17-14(18)9-3-6-13(15)16-8-9/h3-8H,1-2H3,(H,17,18). The third kappa shape index (κ3) is 3.27. The molecule has 0 aliphatic carbocycles. The van der Waals surface area contributed by atoms with Gasteiger partial charge in [0.1, 0.15) is 16.1 Å². The highest BCUT2D eigenvalue weighted by Gasteiger charge is 2.11. The summed E-state index contributed by atoms with van der Waals surface area (Å²) in [5, 5.41) is 2.77. The molecule has 0 bridgehead atoms. The van der Waals surface area contributed by atoms with Crippen molar-refractivity contribution >= 4 is 27.5 Å². The van der Waals surface area contributed by atoms with Gasteiger partial charge < -0.3 is 14.8 Å². The van der Waals surface area contributed by atoms with Crippen molar-refractivity contribution in [3.8, 4) is 11.5 Å². The Kier molecular flexibility index (Phi) is 4.57. The van der Waals surface area contributed by atoms with Crippen LogP contribution in [0, 0.1) is 0 Å². The fourth-order valence-electron chi connectivity index (χ4n) is 1.62. The molecule has 6 heteroatoms. The molecule has 0 saturated carbocycles. The number of ether oxygens (including phenoxy) is 2. The van der Waals surface area contributed by atoms with E-state index in [1.54, 1.807) is 44.6 Å². The Bertz CT molecular complexity index is 614. The minimum Gasteiger partial charge on any atom is -0.497 e.